The third-order valence-electron chi connectivity index (χ3n) is 4.40. The lowest BCUT2D eigenvalue weighted by Crippen LogP contribution is -2.30. The molecule has 1 fully saturated rings. The van der Waals surface area contributed by atoms with E-state index >= 15 is 0 Å². The number of aromatic amines is 1. The molecule has 1 amide bonds. The number of pyridine rings is 1. The summed E-state index contributed by atoms with van der Waals surface area (Å²) in [4.78, 5) is 46.6. The van der Waals surface area contributed by atoms with Crippen LogP contribution >= 0.6 is 0 Å². The Kier molecular flexibility index (Phi) is 4.43. The number of aromatic nitrogens is 3. The lowest BCUT2D eigenvalue weighted by molar-refractivity contribution is 0.0789. The molecule has 1 atom stereocenters. The number of aryl methyl sites for hydroxylation is 1. The first-order valence-electron chi connectivity index (χ1n) is 8.09. The van der Waals surface area contributed by atoms with E-state index in [1.165, 1.54) is 16.7 Å². The van der Waals surface area contributed by atoms with Crippen molar-refractivity contribution in [2.45, 2.75) is 12.3 Å². The van der Waals surface area contributed by atoms with Crippen LogP contribution in [0.5, 0.6) is 0 Å². The highest BCUT2D eigenvalue weighted by Crippen LogP contribution is 2.26. The fourth-order valence-corrected chi connectivity index (χ4v) is 2.97. The summed E-state index contributed by atoms with van der Waals surface area (Å²) in [5.41, 5.74) is 0.829. The van der Waals surface area contributed by atoms with Crippen molar-refractivity contribution >= 4 is 11.9 Å². The van der Waals surface area contributed by atoms with Crippen LogP contribution in [0.15, 0.2) is 34.0 Å². The molecule has 1 aliphatic rings. The Bertz CT molecular complexity index is 915. The predicted octanol–water partition coefficient (Wildman–Crippen LogP) is 0.164. The van der Waals surface area contributed by atoms with E-state index in [1.807, 2.05) is 14.1 Å². The van der Waals surface area contributed by atoms with Gasteiger partial charge in [-0.3, -0.25) is 19.4 Å². The Labute approximate surface area is 144 Å². The summed E-state index contributed by atoms with van der Waals surface area (Å²) in [6, 6.07) is 4.44. The van der Waals surface area contributed by atoms with E-state index in [1.54, 1.807) is 29.1 Å². The molecule has 132 valence electrons. The second-order valence-electron chi connectivity index (χ2n) is 6.49. The molecule has 3 rings (SSSR count). The number of nitrogens with one attached hydrogen (secondary N) is 1. The molecule has 1 saturated heterocycles. The topological polar surface area (TPSA) is 91.3 Å². The molecule has 25 heavy (non-hydrogen) atoms. The highest BCUT2D eigenvalue weighted by atomic mass is 16.2. The van der Waals surface area contributed by atoms with Gasteiger partial charge in [-0.25, -0.2) is 4.98 Å². The zero-order valence-corrected chi connectivity index (χ0v) is 14.5. The van der Waals surface area contributed by atoms with Gasteiger partial charge in [0.1, 0.15) is 0 Å². The van der Waals surface area contributed by atoms with Crippen LogP contribution in [0.3, 0.4) is 0 Å². The van der Waals surface area contributed by atoms with Gasteiger partial charge in [0.15, 0.2) is 0 Å². The van der Waals surface area contributed by atoms with Gasteiger partial charge in [-0.2, -0.15) is 0 Å². The zero-order chi connectivity index (χ0) is 18.1. The fourth-order valence-electron chi connectivity index (χ4n) is 2.97. The Morgan fingerprint density at radius 2 is 2.08 bits per heavy atom. The number of nitrogens with zero attached hydrogens (tertiary/aromatic N) is 4. The summed E-state index contributed by atoms with van der Waals surface area (Å²) in [6.07, 6.45) is 2.30. The number of anilines is 1. The maximum atomic E-state index is 12.6. The quantitative estimate of drug-likeness (QED) is 0.857. The van der Waals surface area contributed by atoms with Gasteiger partial charge in [-0.1, -0.05) is 0 Å². The van der Waals surface area contributed by atoms with E-state index in [9.17, 15) is 14.4 Å². The van der Waals surface area contributed by atoms with Gasteiger partial charge >= 0.3 is 0 Å². The zero-order valence-electron chi connectivity index (χ0n) is 14.5. The summed E-state index contributed by atoms with van der Waals surface area (Å²) >= 11 is 0. The van der Waals surface area contributed by atoms with E-state index in [-0.39, 0.29) is 22.9 Å². The standard InChI is InChI=1S/C17H21N5O3/c1-20(2)17-18-13(8-14(23)19-17)11-6-7-22(10-11)16(25)12-4-5-15(24)21(3)9-12/h4-5,8-9,11H,6-7,10H2,1-3H3,(H,18,19,23)/t11-/m1/s1. The Balaban J connectivity index is 1.79. The summed E-state index contributed by atoms with van der Waals surface area (Å²) in [6.45, 7) is 1.10. The number of amides is 1. The number of likely N-dealkylation sites (tertiary alicyclic amines) is 1. The van der Waals surface area contributed by atoms with Gasteiger partial charge in [0.05, 0.1) is 11.3 Å². The predicted molar refractivity (Wildman–Crippen MR) is 94.1 cm³/mol. The number of carbonyl (C=O) groups excluding carboxylic acids is 1. The van der Waals surface area contributed by atoms with Gasteiger partial charge in [0, 0.05) is 58.5 Å². The maximum absolute atomic E-state index is 12.6. The van der Waals surface area contributed by atoms with Crippen LogP contribution in [-0.2, 0) is 7.05 Å². The van der Waals surface area contributed by atoms with Crippen LogP contribution in [0.1, 0.15) is 28.4 Å². The van der Waals surface area contributed by atoms with Crippen LogP contribution < -0.4 is 16.0 Å². The monoisotopic (exact) mass is 343 g/mol. The molecule has 2 aromatic heterocycles. The molecular weight excluding hydrogens is 322 g/mol. The van der Waals surface area contributed by atoms with Crippen molar-refractivity contribution in [2.75, 3.05) is 32.1 Å². The van der Waals surface area contributed by atoms with E-state index in [0.29, 0.717) is 30.3 Å². The average molecular weight is 343 g/mol. The van der Waals surface area contributed by atoms with Crippen molar-refractivity contribution in [3.05, 3.63) is 56.4 Å². The molecular formula is C17H21N5O3. The highest BCUT2D eigenvalue weighted by Gasteiger charge is 2.29. The molecule has 3 heterocycles. The third kappa shape index (κ3) is 3.47. The van der Waals surface area contributed by atoms with Gasteiger partial charge in [-0.05, 0) is 12.5 Å². The molecule has 0 bridgehead atoms. The normalized spacial score (nSPS) is 16.9. The highest BCUT2D eigenvalue weighted by molar-refractivity contribution is 5.94. The first kappa shape index (κ1) is 16.9. The van der Waals surface area contributed by atoms with Crippen LogP contribution in [0.25, 0.3) is 0 Å². The molecule has 1 aliphatic heterocycles. The molecule has 0 unspecified atom stereocenters. The lowest BCUT2D eigenvalue weighted by atomic mass is 10.1. The molecule has 0 saturated carbocycles. The molecule has 0 aromatic carbocycles. The Morgan fingerprint density at radius 1 is 1.32 bits per heavy atom. The fraction of sp³-hybridized carbons (Fsp3) is 0.412. The number of rotatable bonds is 3. The smallest absolute Gasteiger partial charge is 0.255 e. The van der Waals surface area contributed by atoms with Crippen LogP contribution in [0.2, 0.25) is 0 Å². The molecule has 2 aromatic rings. The second kappa shape index (κ2) is 6.54. The summed E-state index contributed by atoms with van der Waals surface area (Å²) in [7, 11) is 5.24. The molecule has 8 nitrogen and oxygen atoms in total. The number of carbonyl (C=O) groups is 1. The third-order valence-corrected chi connectivity index (χ3v) is 4.40. The van der Waals surface area contributed by atoms with Crippen molar-refractivity contribution in [3.8, 4) is 0 Å². The summed E-state index contributed by atoms with van der Waals surface area (Å²) in [5, 5.41) is 0. The SMILES string of the molecule is CN(C)c1nc([C@@H]2CCN(C(=O)c3ccc(=O)n(C)c3)C2)cc(=O)[nH]1. The van der Waals surface area contributed by atoms with Crippen molar-refractivity contribution in [1.29, 1.82) is 0 Å². The lowest BCUT2D eigenvalue weighted by Gasteiger charge is -2.17. The van der Waals surface area contributed by atoms with Crippen LogP contribution in [-0.4, -0.2) is 52.5 Å². The minimum Gasteiger partial charge on any atom is -0.348 e. The molecule has 0 radical (unpaired) electrons. The van der Waals surface area contributed by atoms with Crippen LogP contribution in [0, 0.1) is 0 Å². The number of hydrogen-bond donors (Lipinski definition) is 1. The molecule has 0 aliphatic carbocycles. The maximum Gasteiger partial charge on any atom is 0.255 e. The molecule has 8 heteroatoms. The largest absolute Gasteiger partial charge is 0.348 e. The second-order valence-corrected chi connectivity index (χ2v) is 6.49. The van der Waals surface area contributed by atoms with Gasteiger partial charge < -0.3 is 14.4 Å². The summed E-state index contributed by atoms with van der Waals surface area (Å²) < 4.78 is 1.39. The first-order chi connectivity index (χ1) is 11.8. The van der Waals surface area contributed by atoms with E-state index in [2.05, 4.69) is 9.97 Å². The van der Waals surface area contributed by atoms with Crippen molar-refractivity contribution in [2.24, 2.45) is 7.05 Å². The van der Waals surface area contributed by atoms with Gasteiger partial charge in [0.2, 0.25) is 11.5 Å². The Hall–Kier alpha value is -2.90. The molecule has 0 spiro atoms. The molecule has 1 N–H and O–H groups in total. The van der Waals surface area contributed by atoms with Gasteiger partial charge in [-0.15, -0.1) is 0 Å². The first-order valence-corrected chi connectivity index (χ1v) is 8.09. The average Bonchev–Trinajstić information content (AvgIpc) is 3.06. The van der Waals surface area contributed by atoms with Crippen LogP contribution in [0.4, 0.5) is 5.95 Å². The van der Waals surface area contributed by atoms with Gasteiger partial charge in [0.25, 0.3) is 11.5 Å². The van der Waals surface area contributed by atoms with E-state index < -0.39 is 0 Å². The number of H-pyrrole nitrogens is 1. The van der Waals surface area contributed by atoms with Crippen molar-refractivity contribution < 1.29 is 4.79 Å². The van der Waals surface area contributed by atoms with E-state index in [0.717, 1.165) is 6.42 Å². The minimum atomic E-state index is -0.198. The van der Waals surface area contributed by atoms with Crippen molar-refractivity contribution in [3.63, 3.8) is 0 Å². The number of hydrogen-bond acceptors (Lipinski definition) is 5. The Morgan fingerprint density at radius 3 is 2.76 bits per heavy atom. The van der Waals surface area contributed by atoms with Crippen molar-refractivity contribution in [1.82, 2.24) is 19.4 Å². The minimum absolute atomic E-state index is 0.0254. The van der Waals surface area contributed by atoms with E-state index in [4.69, 9.17) is 0 Å². The summed E-state index contributed by atoms with van der Waals surface area (Å²) in [5.74, 6) is 0.415.